The van der Waals surface area contributed by atoms with E-state index in [4.69, 9.17) is 11.3 Å². The molecule has 1 N–H and O–H groups in total. The predicted molar refractivity (Wildman–Crippen MR) is 307 cm³/mol. The summed E-state index contributed by atoms with van der Waals surface area (Å²) in [7, 11) is 7.60. The Bertz CT molecular complexity index is 1960. The van der Waals surface area contributed by atoms with Gasteiger partial charge in [0.1, 0.15) is 0 Å². The van der Waals surface area contributed by atoms with Crippen molar-refractivity contribution in [2.45, 2.75) is 148 Å². The molecule has 13 nitrogen and oxygen atoms in total. The molecule has 0 aromatic carbocycles. The summed E-state index contributed by atoms with van der Waals surface area (Å²) >= 11 is 0. The van der Waals surface area contributed by atoms with Gasteiger partial charge in [0.25, 0.3) is 5.91 Å². The number of nitrogens with one attached hydrogen (secondary N) is 1. The number of piperidine rings is 1. The van der Waals surface area contributed by atoms with Gasteiger partial charge in [-0.15, -0.1) is 0 Å². The molecule has 0 atom stereocenters. The number of carbonyl (C=O) groups excluding carboxylic acids is 6. The number of hydrogen-bond donors (Lipinski definition) is 1. The molecule has 3 fully saturated rings. The van der Waals surface area contributed by atoms with Crippen molar-refractivity contribution in [1.82, 2.24) is 24.9 Å². The lowest BCUT2D eigenvalue weighted by Crippen LogP contribution is -2.44. The van der Waals surface area contributed by atoms with Crippen molar-refractivity contribution in [2.24, 2.45) is 34.5 Å². The van der Waals surface area contributed by atoms with Gasteiger partial charge >= 0.3 is 0 Å². The number of ketones is 5. The first-order valence-electron chi connectivity index (χ1n) is 26.5. The van der Waals surface area contributed by atoms with Gasteiger partial charge < -0.3 is 19.7 Å². The van der Waals surface area contributed by atoms with Crippen LogP contribution in [-0.2, 0) is 33.5 Å². The smallest absolute Gasteiger partial charge is 0.296 e. The van der Waals surface area contributed by atoms with E-state index in [0.29, 0.717) is 24.8 Å². The number of carbonyl (C=O) groups is 6. The Labute approximate surface area is 451 Å². The molecule has 3 aliphatic rings. The third kappa shape index (κ3) is 44.7. The Hall–Kier alpha value is -4.81. The molecule has 0 spiro atoms. The van der Waals surface area contributed by atoms with Crippen molar-refractivity contribution in [1.29, 1.82) is 0 Å². The maximum Gasteiger partial charge on any atom is 0.296 e. The average Bonchev–Trinajstić information content (AvgIpc) is 4.13. The number of Topliss-reactive ketones (excluding diaryl/α,β-unsaturated/α-hetero) is 2. The second-order valence-electron chi connectivity index (χ2n) is 23.1. The van der Waals surface area contributed by atoms with Crippen LogP contribution in [0.25, 0.3) is 4.85 Å². The average molecular weight is 1030 g/mol. The van der Waals surface area contributed by atoms with Gasteiger partial charge in [0.15, 0.2) is 23.1 Å². The van der Waals surface area contributed by atoms with Crippen molar-refractivity contribution < 1.29 is 33.5 Å². The number of amides is 1. The number of nitrogens with zero attached hydrogens (tertiary/aromatic N) is 5. The molecular weight excluding hydrogens is 929 g/mol. The second-order valence-corrected chi connectivity index (χ2v) is 23.1. The highest BCUT2D eigenvalue weighted by Gasteiger charge is 2.28. The van der Waals surface area contributed by atoms with Gasteiger partial charge in [-0.25, -0.2) is 4.85 Å². The summed E-state index contributed by atoms with van der Waals surface area (Å²) in [5, 5.41) is 2.71. The maximum absolute atomic E-state index is 11.7. The molecule has 1 amide bonds. The molecular formula is C61H102N6O7. The van der Waals surface area contributed by atoms with Crippen LogP contribution in [0, 0.1) is 64.8 Å². The van der Waals surface area contributed by atoms with Crippen molar-refractivity contribution in [2.75, 3.05) is 93.8 Å². The zero-order valence-corrected chi connectivity index (χ0v) is 50.1. The van der Waals surface area contributed by atoms with Crippen molar-refractivity contribution in [3.05, 3.63) is 59.6 Å². The Morgan fingerprint density at radius 2 is 1.14 bits per heavy atom. The minimum Gasteiger partial charge on any atom is -0.381 e. The molecule has 418 valence electrons. The number of piperazine rings is 1. The van der Waals surface area contributed by atoms with Crippen molar-refractivity contribution in [3.63, 3.8) is 0 Å². The summed E-state index contributed by atoms with van der Waals surface area (Å²) in [6.07, 6.45) is 18.8. The van der Waals surface area contributed by atoms with E-state index in [1.807, 2.05) is 141 Å². The van der Waals surface area contributed by atoms with E-state index < -0.39 is 5.41 Å². The summed E-state index contributed by atoms with van der Waals surface area (Å²) in [5.41, 5.74) is -0.610. The predicted octanol–water partition coefficient (Wildman–Crippen LogP) is 9.59. The number of methoxy groups -OCH3 is 1. The van der Waals surface area contributed by atoms with Crippen LogP contribution in [0.4, 0.5) is 0 Å². The summed E-state index contributed by atoms with van der Waals surface area (Å²) < 4.78 is 4.73. The van der Waals surface area contributed by atoms with E-state index in [1.54, 1.807) is 38.3 Å². The minimum absolute atomic E-state index is 0.00403. The van der Waals surface area contributed by atoms with Crippen LogP contribution in [0.2, 0.25) is 0 Å². The van der Waals surface area contributed by atoms with Gasteiger partial charge in [0, 0.05) is 80.5 Å². The molecule has 13 heteroatoms. The fraction of sp³-hybridized carbons (Fsp3) is 0.689. The Balaban J connectivity index is -0.000000823. The summed E-state index contributed by atoms with van der Waals surface area (Å²) in [6.45, 7) is 46.9. The summed E-state index contributed by atoms with van der Waals surface area (Å²) in [6, 6.07) is 0. The van der Waals surface area contributed by atoms with E-state index >= 15 is 0 Å². The highest BCUT2D eigenvalue weighted by molar-refractivity contribution is 6.01. The first-order chi connectivity index (χ1) is 34.2. The van der Waals surface area contributed by atoms with E-state index in [1.165, 1.54) is 32.4 Å². The number of likely N-dealkylation sites (tertiary alicyclic amines) is 1. The first-order valence-corrected chi connectivity index (χ1v) is 26.5. The maximum atomic E-state index is 11.7. The summed E-state index contributed by atoms with van der Waals surface area (Å²) in [5.74, 6) is 11.6. The lowest BCUT2D eigenvalue weighted by molar-refractivity contribution is -0.122. The van der Waals surface area contributed by atoms with Gasteiger partial charge in [0.05, 0.1) is 19.7 Å². The molecule has 0 aromatic rings. The van der Waals surface area contributed by atoms with Crippen LogP contribution in [0.3, 0.4) is 0 Å². The van der Waals surface area contributed by atoms with E-state index in [0.717, 1.165) is 52.1 Å². The van der Waals surface area contributed by atoms with Crippen molar-refractivity contribution in [3.8, 4) is 23.7 Å². The number of likely N-dealkylation sites (N-methyl/N-ethyl adjacent to an activating group) is 1. The molecule has 0 aromatic heterocycles. The molecule has 0 unspecified atom stereocenters. The Morgan fingerprint density at radius 3 is 1.49 bits per heavy atom. The van der Waals surface area contributed by atoms with Crippen LogP contribution in [-0.4, -0.2) is 154 Å². The fourth-order valence-electron chi connectivity index (χ4n) is 5.63. The zero-order chi connectivity index (χ0) is 57.7. The van der Waals surface area contributed by atoms with E-state index in [9.17, 15) is 28.8 Å². The normalized spacial score (nSPS) is 15.5. The molecule has 1 aliphatic carbocycles. The highest BCUT2D eigenvalue weighted by atomic mass is 16.5. The molecule has 74 heavy (non-hydrogen) atoms. The van der Waals surface area contributed by atoms with Gasteiger partial charge in [-0.3, -0.25) is 38.7 Å². The number of ether oxygens (including phenoxy) is 1. The zero-order valence-electron chi connectivity index (χ0n) is 50.1. The molecule has 2 heterocycles. The van der Waals surface area contributed by atoms with E-state index in [-0.39, 0.29) is 63.5 Å². The van der Waals surface area contributed by atoms with E-state index in [2.05, 4.69) is 55.6 Å². The Morgan fingerprint density at radius 1 is 0.689 bits per heavy atom. The quantitative estimate of drug-likeness (QED) is 0.0726. The first kappa shape index (κ1) is 73.4. The third-order valence-corrected chi connectivity index (χ3v) is 10.6. The largest absolute Gasteiger partial charge is 0.381 e. The van der Waals surface area contributed by atoms with Gasteiger partial charge in [-0.1, -0.05) is 126 Å². The number of hydrogen-bond acceptors (Lipinski definition) is 11. The van der Waals surface area contributed by atoms with Crippen LogP contribution >= 0.6 is 0 Å². The molecule has 0 radical (unpaired) electrons. The monoisotopic (exact) mass is 1030 g/mol. The highest BCUT2D eigenvalue weighted by Crippen LogP contribution is 2.33. The van der Waals surface area contributed by atoms with Gasteiger partial charge in [-0.05, 0) is 124 Å². The molecule has 0 bridgehead atoms. The standard InChI is InChI=1S/C12H22N2O.C12H21NO.C11H15NO.C10H17NO.C8H13NO.C8H14O2/c1-11(2)12(15)5-4-6-14-9-7-13(3)8-10-14;1-11(2)12(14)7-6-10-13-8-4-3-5-9-13;1-11(2,3)10(13)9(12-4)7-8-5-6-8;1-10(2,3)9(12)7-6-8-11(4)5;1-5-6-7(10)9-8(2,3)4;1-7(2)8(9)5-4-6-10-3/h4-5,11H,6-10H2,1-3H3;6-7,11H,3-5,8-10H2,1-2H3;7-8H,5-6H2,1-3H3;8H2,1-5H3;1-4H3,(H,9,10);4-5,7H,6H2,1-3H3/b5-4+;7-6+;9-7-;;;5-4+. The van der Waals surface area contributed by atoms with Crippen LogP contribution in [0.15, 0.2) is 48.2 Å². The molecule has 1 saturated carbocycles. The van der Waals surface area contributed by atoms with Crippen LogP contribution in [0.5, 0.6) is 0 Å². The van der Waals surface area contributed by atoms with Crippen molar-refractivity contribution >= 4 is 34.8 Å². The Kier molecular flexibility index (Phi) is 40.2. The fourth-order valence-corrected chi connectivity index (χ4v) is 5.63. The number of rotatable bonds is 15. The van der Waals surface area contributed by atoms with Gasteiger partial charge in [-0.2, -0.15) is 0 Å². The number of allylic oxidation sites excluding steroid dienone is 5. The summed E-state index contributed by atoms with van der Waals surface area (Å²) in [4.78, 5) is 79.5. The topological polar surface area (TPSA) is 141 Å². The lowest BCUT2D eigenvalue weighted by Gasteiger charge is -2.31. The minimum atomic E-state index is -0.425. The van der Waals surface area contributed by atoms with Crippen LogP contribution < -0.4 is 5.32 Å². The molecule has 3 rings (SSSR count). The van der Waals surface area contributed by atoms with Crippen LogP contribution in [0.1, 0.15) is 143 Å². The van der Waals surface area contributed by atoms with Gasteiger partial charge in [0.2, 0.25) is 11.5 Å². The molecule has 2 saturated heterocycles. The molecule has 2 aliphatic heterocycles. The SMILES string of the molecule is CC#CC(=O)NC(C)(C)C.CC(C)C(=O)/C=C/CN1CCCCC1.CC(C)C(=O)/C=C/CN1CCN(C)CC1.CN(C)CC#CC(=O)C(C)(C)C.COC/C=C/C(=O)C(C)C.[C-]#[N+]/C(=C\C1CC1)C(=O)C(C)(C)C. The second kappa shape index (κ2) is 40.5. The third-order valence-electron chi connectivity index (χ3n) is 10.6. The lowest BCUT2D eigenvalue weighted by atomic mass is 9.88.